The molecule has 0 spiro atoms. The lowest BCUT2D eigenvalue weighted by Gasteiger charge is -2.22. The number of ether oxygens (including phenoxy) is 1. The molecule has 6 nitrogen and oxygen atoms in total. The molecule has 2 aliphatic rings. The molecular formula is C23H24ClN3O3S2. The largest absolute Gasteiger partial charge is 0.495 e. The lowest BCUT2D eigenvalue weighted by molar-refractivity contribution is -0.128. The van der Waals surface area contributed by atoms with Crippen molar-refractivity contribution in [2.45, 2.75) is 25.7 Å². The Morgan fingerprint density at radius 3 is 2.69 bits per heavy atom. The number of hydrogen-bond donors (Lipinski definition) is 0. The zero-order valence-electron chi connectivity index (χ0n) is 17.8. The van der Waals surface area contributed by atoms with Crippen LogP contribution in [0.3, 0.4) is 0 Å². The number of amidine groups is 1. The number of likely N-dealkylation sites (tertiary alicyclic amines) is 1. The molecule has 2 aromatic rings. The summed E-state index contributed by atoms with van der Waals surface area (Å²) in [7, 11) is 1.54. The predicted molar refractivity (Wildman–Crippen MR) is 133 cm³/mol. The quantitative estimate of drug-likeness (QED) is 0.535. The number of halogens is 1. The first kappa shape index (κ1) is 22.9. The van der Waals surface area contributed by atoms with Crippen LogP contribution in [0.25, 0.3) is 6.08 Å². The van der Waals surface area contributed by atoms with Crippen LogP contribution in [0.15, 0.2) is 46.4 Å². The van der Waals surface area contributed by atoms with Gasteiger partial charge >= 0.3 is 0 Å². The minimum atomic E-state index is -0.246. The molecule has 9 heteroatoms. The minimum Gasteiger partial charge on any atom is -0.495 e. The van der Waals surface area contributed by atoms with Crippen LogP contribution in [0.4, 0.5) is 5.69 Å². The maximum Gasteiger partial charge on any atom is 0.283 e. The van der Waals surface area contributed by atoms with E-state index in [0.29, 0.717) is 27.3 Å². The number of anilines is 1. The topological polar surface area (TPSA) is 62.2 Å². The average Bonchev–Trinajstić information content (AvgIpc) is 3.30. The van der Waals surface area contributed by atoms with Crippen molar-refractivity contribution in [3.8, 4) is 5.75 Å². The van der Waals surface area contributed by atoms with Crippen molar-refractivity contribution < 1.29 is 14.3 Å². The summed E-state index contributed by atoms with van der Waals surface area (Å²) in [6.45, 7) is 1.60. The molecule has 1 aromatic heterocycles. The molecule has 1 fully saturated rings. The van der Waals surface area contributed by atoms with Gasteiger partial charge in [0.05, 0.1) is 23.6 Å². The maximum atomic E-state index is 13.3. The molecule has 3 heterocycles. The molecule has 0 radical (unpaired) electrons. The van der Waals surface area contributed by atoms with E-state index in [9.17, 15) is 9.59 Å². The third kappa shape index (κ3) is 5.19. The molecule has 2 amide bonds. The van der Waals surface area contributed by atoms with Crippen LogP contribution in [0, 0.1) is 0 Å². The second-order valence-electron chi connectivity index (χ2n) is 7.48. The van der Waals surface area contributed by atoms with Crippen molar-refractivity contribution in [2.75, 3.05) is 30.9 Å². The molecule has 0 bridgehead atoms. The van der Waals surface area contributed by atoms with E-state index in [2.05, 4.69) is 4.99 Å². The first-order valence-corrected chi connectivity index (χ1v) is 12.7. The van der Waals surface area contributed by atoms with Crippen molar-refractivity contribution in [2.24, 2.45) is 4.99 Å². The molecule has 32 heavy (non-hydrogen) atoms. The van der Waals surface area contributed by atoms with Crippen molar-refractivity contribution in [1.82, 2.24) is 4.90 Å². The van der Waals surface area contributed by atoms with E-state index in [1.165, 1.54) is 40.8 Å². The summed E-state index contributed by atoms with van der Waals surface area (Å²) in [5.41, 5.74) is 0.924. The number of thiophene rings is 1. The summed E-state index contributed by atoms with van der Waals surface area (Å²) in [4.78, 5) is 35.0. The second kappa shape index (κ2) is 10.6. The average molecular weight is 490 g/mol. The highest BCUT2D eigenvalue weighted by Crippen LogP contribution is 2.34. The van der Waals surface area contributed by atoms with Crippen LogP contribution >= 0.6 is 34.7 Å². The van der Waals surface area contributed by atoms with Gasteiger partial charge in [-0.3, -0.25) is 14.5 Å². The van der Waals surface area contributed by atoms with E-state index < -0.39 is 0 Å². The lowest BCUT2D eigenvalue weighted by atomic mass is 10.2. The molecule has 0 N–H and O–H groups in total. The van der Waals surface area contributed by atoms with E-state index in [4.69, 9.17) is 16.3 Å². The van der Waals surface area contributed by atoms with Crippen LogP contribution in [-0.4, -0.2) is 47.8 Å². The van der Waals surface area contributed by atoms with Crippen molar-refractivity contribution in [1.29, 1.82) is 0 Å². The predicted octanol–water partition coefficient (Wildman–Crippen LogP) is 5.29. The van der Waals surface area contributed by atoms with Crippen molar-refractivity contribution >= 4 is 63.4 Å². The van der Waals surface area contributed by atoms with Crippen molar-refractivity contribution in [3.63, 3.8) is 0 Å². The number of carbonyl (C=O) groups is 2. The Labute approximate surface area is 200 Å². The summed E-state index contributed by atoms with van der Waals surface area (Å²) in [5, 5.41) is 2.83. The monoisotopic (exact) mass is 489 g/mol. The van der Waals surface area contributed by atoms with E-state index in [0.717, 1.165) is 30.8 Å². The number of aliphatic imine (C=N–C) groups is 1. The Balaban J connectivity index is 1.58. The van der Waals surface area contributed by atoms with Gasteiger partial charge in [0.25, 0.3) is 5.91 Å². The minimum absolute atomic E-state index is 0.0791. The van der Waals surface area contributed by atoms with Gasteiger partial charge < -0.3 is 9.64 Å². The number of rotatable bonds is 5. The van der Waals surface area contributed by atoms with E-state index in [-0.39, 0.29) is 17.6 Å². The number of benzene rings is 1. The molecule has 1 aromatic carbocycles. The number of carbonyl (C=O) groups excluding carboxylic acids is 2. The third-order valence-corrected chi connectivity index (χ3v) is 7.37. The zero-order chi connectivity index (χ0) is 22.5. The normalized spacial score (nSPS) is 18.1. The summed E-state index contributed by atoms with van der Waals surface area (Å²) in [5.74, 6) is 0.595. The van der Waals surface area contributed by atoms with E-state index in [1.807, 2.05) is 22.4 Å². The molecule has 4 rings (SSSR count). The first-order chi connectivity index (χ1) is 15.6. The number of amides is 2. The molecule has 0 aliphatic carbocycles. The van der Waals surface area contributed by atoms with Crippen LogP contribution in [0.1, 0.15) is 30.6 Å². The maximum absolute atomic E-state index is 13.3. The highest BCUT2D eigenvalue weighted by atomic mass is 35.5. The van der Waals surface area contributed by atoms with Crippen LogP contribution in [0.5, 0.6) is 5.75 Å². The lowest BCUT2D eigenvalue weighted by Crippen LogP contribution is -2.35. The first-order valence-electron chi connectivity index (χ1n) is 10.5. The number of hydrogen-bond acceptors (Lipinski definition) is 6. The van der Waals surface area contributed by atoms with Gasteiger partial charge in [0.15, 0.2) is 5.17 Å². The van der Waals surface area contributed by atoms with Crippen LogP contribution < -0.4 is 9.64 Å². The Kier molecular flexibility index (Phi) is 7.55. The van der Waals surface area contributed by atoms with Gasteiger partial charge in [-0.05, 0) is 48.6 Å². The number of nitrogens with zero attached hydrogens (tertiary/aromatic N) is 3. The molecule has 168 valence electrons. The fraction of sp³-hybridized carbons (Fsp3) is 0.348. The molecule has 1 saturated heterocycles. The third-order valence-electron chi connectivity index (χ3n) is 5.33. The Morgan fingerprint density at radius 1 is 1.25 bits per heavy atom. The Hall–Kier alpha value is -2.29. The summed E-state index contributed by atoms with van der Waals surface area (Å²) in [6, 6.07) is 9.03. The highest BCUT2D eigenvalue weighted by molar-refractivity contribution is 8.14. The summed E-state index contributed by atoms with van der Waals surface area (Å²) >= 11 is 9.13. The molecule has 2 aliphatic heterocycles. The van der Waals surface area contributed by atoms with Gasteiger partial charge in [0.1, 0.15) is 11.4 Å². The van der Waals surface area contributed by atoms with Gasteiger partial charge in [0, 0.05) is 18.0 Å². The SMILES string of the molecule is COc1ccc(N2C(=O)/C(=C\c3cccs3)N=C2SCC(=O)N2CCCCCC2)cc1Cl. The number of thioether (sulfide) groups is 1. The van der Waals surface area contributed by atoms with Crippen LogP contribution in [0.2, 0.25) is 5.02 Å². The second-order valence-corrected chi connectivity index (χ2v) is 9.81. The number of methoxy groups -OCH3 is 1. The smallest absolute Gasteiger partial charge is 0.283 e. The fourth-order valence-electron chi connectivity index (χ4n) is 3.66. The highest BCUT2D eigenvalue weighted by Gasteiger charge is 2.33. The summed E-state index contributed by atoms with van der Waals surface area (Å²) in [6.07, 6.45) is 6.19. The van der Waals surface area contributed by atoms with Gasteiger partial charge in [-0.1, -0.05) is 42.3 Å². The molecule has 0 atom stereocenters. The zero-order valence-corrected chi connectivity index (χ0v) is 20.1. The Morgan fingerprint density at radius 2 is 2.03 bits per heavy atom. The standard InChI is InChI=1S/C23H24ClN3O3S2/c1-30-20-9-8-16(13-18(20)24)27-22(29)19(14-17-7-6-12-31-17)25-23(27)32-15-21(28)26-10-4-2-3-5-11-26/h6-9,12-14H,2-5,10-11,15H2,1H3/b19-14+. The van der Waals surface area contributed by atoms with Gasteiger partial charge in [-0.2, -0.15) is 0 Å². The Bertz CT molecular complexity index is 1040. The van der Waals surface area contributed by atoms with E-state index >= 15 is 0 Å². The fourth-order valence-corrected chi connectivity index (χ4v) is 5.48. The molecule has 0 unspecified atom stereocenters. The van der Waals surface area contributed by atoms with Gasteiger partial charge in [-0.25, -0.2) is 4.99 Å². The van der Waals surface area contributed by atoms with E-state index in [1.54, 1.807) is 31.4 Å². The van der Waals surface area contributed by atoms with Crippen molar-refractivity contribution in [3.05, 3.63) is 51.3 Å². The molecule has 0 saturated carbocycles. The molecular weight excluding hydrogens is 466 g/mol. The summed E-state index contributed by atoms with van der Waals surface area (Å²) < 4.78 is 5.23. The van der Waals surface area contributed by atoms with Gasteiger partial charge in [-0.15, -0.1) is 11.3 Å². The van der Waals surface area contributed by atoms with Gasteiger partial charge in [0.2, 0.25) is 5.91 Å². The van der Waals surface area contributed by atoms with Crippen LogP contribution in [-0.2, 0) is 9.59 Å².